The quantitative estimate of drug-likeness (QED) is 0.393. The number of hydrogen-bond acceptors (Lipinski definition) is 5. The van der Waals surface area contributed by atoms with E-state index in [9.17, 15) is 10.2 Å². The van der Waals surface area contributed by atoms with Crippen LogP contribution in [-0.4, -0.2) is 53.5 Å². The molecule has 1 fully saturated rings. The smallest absolute Gasteiger partial charge is 0.111 e. The van der Waals surface area contributed by atoms with E-state index in [1.807, 2.05) is 0 Å². The van der Waals surface area contributed by atoms with Crippen molar-refractivity contribution < 1.29 is 20.1 Å². The molecule has 1 aliphatic rings. The standard InChI is InChI=1S/C7H15NO4/c1-8-6-2-4(10)7(11)5(3-9)12-6/h4-11H,2-3H2,1H3. The first kappa shape index (κ1) is 9.88. The largest absolute Gasteiger partial charge is 0.394 e. The molecule has 0 aliphatic carbocycles. The molecular weight excluding hydrogens is 162 g/mol. The maximum atomic E-state index is 9.30. The fraction of sp³-hybridized carbons (Fsp3) is 1.00. The van der Waals surface area contributed by atoms with E-state index in [1.54, 1.807) is 7.05 Å². The van der Waals surface area contributed by atoms with Crippen molar-refractivity contribution >= 4 is 0 Å². The van der Waals surface area contributed by atoms with E-state index in [-0.39, 0.29) is 12.8 Å². The first-order valence-corrected chi connectivity index (χ1v) is 3.98. The summed E-state index contributed by atoms with van der Waals surface area (Å²) in [7, 11) is 1.70. The third kappa shape index (κ3) is 1.94. The number of aliphatic hydroxyl groups excluding tert-OH is 3. The van der Waals surface area contributed by atoms with Crippen LogP contribution in [0.5, 0.6) is 0 Å². The Morgan fingerprint density at radius 1 is 1.50 bits per heavy atom. The van der Waals surface area contributed by atoms with Gasteiger partial charge >= 0.3 is 0 Å². The summed E-state index contributed by atoms with van der Waals surface area (Å²) in [5.41, 5.74) is 0. The van der Waals surface area contributed by atoms with Gasteiger partial charge in [0.25, 0.3) is 0 Å². The third-order valence-corrected chi connectivity index (χ3v) is 2.07. The van der Waals surface area contributed by atoms with Gasteiger partial charge in [-0.3, -0.25) is 5.32 Å². The van der Waals surface area contributed by atoms with Crippen molar-refractivity contribution in [2.24, 2.45) is 0 Å². The highest BCUT2D eigenvalue weighted by molar-refractivity contribution is 4.83. The molecule has 0 amide bonds. The van der Waals surface area contributed by atoms with E-state index in [0.29, 0.717) is 6.42 Å². The second-order valence-electron chi connectivity index (χ2n) is 2.93. The molecule has 4 unspecified atom stereocenters. The summed E-state index contributed by atoms with van der Waals surface area (Å²) in [5, 5.41) is 30.2. The van der Waals surface area contributed by atoms with Gasteiger partial charge in [0.15, 0.2) is 0 Å². The molecule has 0 aromatic heterocycles. The molecule has 1 aliphatic heterocycles. The van der Waals surface area contributed by atoms with Crippen molar-refractivity contribution in [3.63, 3.8) is 0 Å². The van der Waals surface area contributed by atoms with Gasteiger partial charge in [-0.15, -0.1) is 0 Å². The van der Waals surface area contributed by atoms with E-state index in [1.165, 1.54) is 0 Å². The zero-order valence-electron chi connectivity index (χ0n) is 6.97. The van der Waals surface area contributed by atoms with Crippen LogP contribution in [0.1, 0.15) is 6.42 Å². The monoisotopic (exact) mass is 177 g/mol. The number of hydrogen-bond donors (Lipinski definition) is 4. The normalized spacial score (nSPS) is 43.0. The average Bonchev–Trinajstić information content (AvgIpc) is 2.09. The molecule has 0 saturated carbocycles. The van der Waals surface area contributed by atoms with Crippen LogP contribution in [0, 0.1) is 0 Å². The average molecular weight is 177 g/mol. The molecule has 4 N–H and O–H groups in total. The molecular formula is C7H15NO4. The minimum Gasteiger partial charge on any atom is -0.394 e. The highest BCUT2D eigenvalue weighted by atomic mass is 16.5. The van der Waals surface area contributed by atoms with Crippen LogP contribution in [0.4, 0.5) is 0 Å². The Labute approximate surface area is 71.0 Å². The first-order valence-electron chi connectivity index (χ1n) is 3.98. The molecule has 1 saturated heterocycles. The number of aliphatic hydroxyl groups is 3. The number of ether oxygens (including phenoxy) is 1. The Bertz CT molecular complexity index is 143. The van der Waals surface area contributed by atoms with Gasteiger partial charge in [0.2, 0.25) is 0 Å². The molecule has 4 atom stereocenters. The molecule has 1 rings (SSSR count). The minimum absolute atomic E-state index is 0.281. The maximum absolute atomic E-state index is 9.30. The van der Waals surface area contributed by atoms with Crippen molar-refractivity contribution in [2.75, 3.05) is 13.7 Å². The van der Waals surface area contributed by atoms with Gasteiger partial charge in [-0.25, -0.2) is 0 Å². The van der Waals surface area contributed by atoms with E-state index in [0.717, 1.165) is 0 Å². The summed E-state index contributed by atoms with van der Waals surface area (Å²) < 4.78 is 5.20. The Balaban J connectivity index is 2.52. The maximum Gasteiger partial charge on any atom is 0.111 e. The van der Waals surface area contributed by atoms with Crippen LogP contribution in [0.25, 0.3) is 0 Å². The molecule has 0 aromatic carbocycles. The Hall–Kier alpha value is -0.200. The van der Waals surface area contributed by atoms with E-state index in [4.69, 9.17) is 9.84 Å². The van der Waals surface area contributed by atoms with Crippen LogP contribution < -0.4 is 5.32 Å². The summed E-state index contributed by atoms with van der Waals surface area (Å²) >= 11 is 0. The summed E-state index contributed by atoms with van der Waals surface area (Å²) in [4.78, 5) is 0. The highest BCUT2D eigenvalue weighted by Crippen LogP contribution is 2.18. The molecule has 1 heterocycles. The second-order valence-corrected chi connectivity index (χ2v) is 2.93. The van der Waals surface area contributed by atoms with Gasteiger partial charge in [0, 0.05) is 6.42 Å². The van der Waals surface area contributed by atoms with Gasteiger partial charge in [0.05, 0.1) is 12.7 Å². The summed E-state index contributed by atoms with van der Waals surface area (Å²) in [5.74, 6) is 0. The van der Waals surface area contributed by atoms with Crippen LogP contribution >= 0.6 is 0 Å². The lowest BCUT2D eigenvalue weighted by Crippen LogP contribution is -2.53. The summed E-state index contributed by atoms with van der Waals surface area (Å²) in [6, 6.07) is 0. The first-order chi connectivity index (χ1) is 5.69. The molecule has 5 heteroatoms. The lowest BCUT2D eigenvalue weighted by atomic mass is 10.0. The number of rotatable bonds is 2. The topological polar surface area (TPSA) is 82.0 Å². The third-order valence-electron chi connectivity index (χ3n) is 2.07. The van der Waals surface area contributed by atoms with E-state index in [2.05, 4.69) is 5.32 Å². The van der Waals surface area contributed by atoms with Crippen LogP contribution in [-0.2, 0) is 4.74 Å². The molecule has 0 radical (unpaired) electrons. The molecule has 0 aromatic rings. The molecule has 72 valence electrons. The Kier molecular flexibility index (Phi) is 3.42. The van der Waals surface area contributed by atoms with Crippen molar-refractivity contribution in [3.8, 4) is 0 Å². The van der Waals surface area contributed by atoms with Gasteiger partial charge in [-0.2, -0.15) is 0 Å². The summed E-state index contributed by atoms with van der Waals surface area (Å²) in [6.07, 6.45) is -2.45. The Morgan fingerprint density at radius 2 is 2.17 bits per heavy atom. The van der Waals surface area contributed by atoms with E-state index < -0.39 is 18.3 Å². The van der Waals surface area contributed by atoms with Crippen molar-refractivity contribution in [2.45, 2.75) is 31.0 Å². The van der Waals surface area contributed by atoms with Crippen molar-refractivity contribution in [1.82, 2.24) is 5.32 Å². The van der Waals surface area contributed by atoms with Crippen LogP contribution in [0.15, 0.2) is 0 Å². The minimum atomic E-state index is -0.986. The fourth-order valence-corrected chi connectivity index (χ4v) is 1.29. The zero-order chi connectivity index (χ0) is 9.14. The number of nitrogens with one attached hydrogen (secondary N) is 1. The molecule has 5 nitrogen and oxygen atoms in total. The van der Waals surface area contributed by atoms with E-state index >= 15 is 0 Å². The van der Waals surface area contributed by atoms with Gasteiger partial charge < -0.3 is 20.1 Å². The van der Waals surface area contributed by atoms with Gasteiger partial charge in [-0.1, -0.05) is 0 Å². The predicted molar refractivity (Wildman–Crippen MR) is 41.4 cm³/mol. The lowest BCUT2D eigenvalue weighted by Gasteiger charge is -2.36. The predicted octanol–water partition coefficient (Wildman–Crippen LogP) is -1.97. The zero-order valence-corrected chi connectivity index (χ0v) is 6.97. The van der Waals surface area contributed by atoms with Crippen molar-refractivity contribution in [3.05, 3.63) is 0 Å². The summed E-state index contributed by atoms with van der Waals surface area (Å²) in [6.45, 7) is -0.281. The Morgan fingerprint density at radius 3 is 2.67 bits per heavy atom. The molecule has 0 spiro atoms. The fourth-order valence-electron chi connectivity index (χ4n) is 1.29. The van der Waals surface area contributed by atoms with Gasteiger partial charge in [-0.05, 0) is 7.05 Å². The van der Waals surface area contributed by atoms with Crippen LogP contribution in [0.3, 0.4) is 0 Å². The lowest BCUT2D eigenvalue weighted by molar-refractivity contribution is -0.185. The molecule has 12 heavy (non-hydrogen) atoms. The van der Waals surface area contributed by atoms with Crippen LogP contribution in [0.2, 0.25) is 0 Å². The highest BCUT2D eigenvalue weighted by Gasteiger charge is 2.35. The van der Waals surface area contributed by atoms with Crippen molar-refractivity contribution in [1.29, 1.82) is 0 Å². The van der Waals surface area contributed by atoms with Gasteiger partial charge in [0.1, 0.15) is 18.4 Å². The second kappa shape index (κ2) is 4.15. The molecule has 0 bridgehead atoms. The SMILES string of the molecule is CNC1CC(O)C(O)C(CO)O1.